The molecule has 2 rings (SSSR count). The van der Waals surface area contributed by atoms with Crippen LogP contribution in [-0.2, 0) is 0 Å². The normalized spacial score (nSPS) is 30.8. The molecule has 0 aromatic rings. The lowest BCUT2D eigenvalue weighted by Crippen LogP contribution is -1.82. The van der Waals surface area contributed by atoms with Gasteiger partial charge in [-0.1, -0.05) is 32.6 Å². The molecule has 11 heavy (non-hydrogen) atoms. The third-order valence-corrected chi connectivity index (χ3v) is 3.66. The molecule has 2 saturated carbocycles. The van der Waals surface area contributed by atoms with Crippen molar-refractivity contribution in [2.75, 3.05) is 0 Å². The van der Waals surface area contributed by atoms with Gasteiger partial charge in [0.05, 0.1) is 0 Å². The van der Waals surface area contributed by atoms with E-state index < -0.39 is 0 Å². The van der Waals surface area contributed by atoms with Gasteiger partial charge in [0.15, 0.2) is 0 Å². The van der Waals surface area contributed by atoms with Crippen LogP contribution in [0.3, 0.4) is 0 Å². The smallest absolute Gasteiger partial charge is 0.0266 e. The summed E-state index contributed by atoms with van der Waals surface area (Å²) in [5.74, 6) is 1.18. The predicted octanol–water partition coefficient (Wildman–Crippen LogP) is 3.76. The van der Waals surface area contributed by atoms with Crippen molar-refractivity contribution in [2.45, 2.75) is 58.3 Å². The third-order valence-electron chi connectivity index (χ3n) is 3.66. The summed E-state index contributed by atoms with van der Waals surface area (Å²) < 4.78 is 0. The predicted molar refractivity (Wildman–Crippen MR) is 48.5 cm³/mol. The first kappa shape index (κ1) is 7.64. The van der Waals surface area contributed by atoms with Gasteiger partial charge in [0, 0.05) is 0 Å². The van der Waals surface area contributed by atoms with Crippen LogP contribution in [0.4, 0.5) is 0 Å². The Bertz CT molecular complexity index is 133. The molecule has 2 fully saturated rings. The monoisotopic (exact) mass is 152 g/mol. The van der Waals surface area contributed by atoms with E-state index in [9.17, 15) is 0 Å². The van der Waals surface area contributed by atoms with Crippen LogP contribution in [0.2, 0.25) is 0 Å². The van der Waals surface area contributed by atoms with Gasteiger partial charge in [0.1, 0.15) is 0 Å². The Balaban J connectivity index is 1.49. The molecule has 0 aromatic heterocycles. The van der Waals surface area contributed by atoms with Crippen molar-refractivity contribution >= 4 is 0 Å². The summed E-state index contributed by atoms with van der Waals surface area (Å²) in [5.41, 5.74) is 0.964. The summed E-state index contributed by atoms with van der Waals surface area (Å²) in [6, 6.07) is 0. The Morgan fingerprint density at radius 3 is 2.55 bits per heavy atom. The molecule has 0 bridgehead atoms. The quantitative estimate of drug-likeness (QED) is 0.526. The van der Waals surface area contributed by atoms with Gasteiger partial charge in [0.25, 0.3) is 0 Å². The number of unbranched alkanes of at least 4 members (excludes halogenated alkanes) is 3. The van der Waals surface area contributed by atoms with E-state index in [1.807, 2.05) is 0 Å². The lowest BCUT2D eigenvalue weighted by molar-refractivity contribution is 0.564. The summed E-state index contributed by atoms with van der Waals surface area (Å²) in [6.07, 6.45) is 12.1. The summed E-state index contributed by atoms with van der Waals surface area (Å²) >= 11 is 0. The fourth-order valence-electron chi connectivity index (χ4n) is 2.43. The van der Waals surface area contributed by atoms with Crippen LogP contribution in [0.5, 0.6) is 0 Å². The minimum absolute atomic E-state index is 0.964. The van der Waals surface area contributed by atoms with E-state index in [0.717, 1.165) is 5.41 Å². The first-order chi connectivity index (χ1) is 5.37. The molecule has 0 radical (unpaired) electrons. The molecular formula is C11H20. The second-order valence-corrected chi connectivity index (χ2v) is 4.61. The van der Waals surface area contributed by atoms with Gasteiger partial charge in [0.2, 0.25) is 0 Å². The number of rotatable bonds is 5. The van der Waals surface area contributed by atoms with E-state index in [1.165, 1.54) is 31.6 Å². The highest BCUT2D eigenvalue weighted by Crippen LogP contribution is 2.71. The SMILES string of the molecule is CCCCCCC1CC12CC2. The van der Waals surface area contributed by atoms with E-state index in [4.69, 9.17) is 0 Å². The fourth-order valence-corrected chi connectivity index (χ4v) is 2.43. The molecule has 2 aliphatic carbocycles. The fraction of sp³-hybridized carbons (Fsp3) is 1.00. The average Bonchev–Trinajstić information content (AvgIpc) is 2.88. The third kappa shape index (κ3) is 1.60. The van der Waals surface area contributed by atoms with Gasteiger partial charge in [-0.25, -0.2) is 0 Å². The van der Waals surface area contributed by atoms with E-state index in [2.05, 4.69) is 6.92 Å². The van der Waals surface area contributed by atoms with E-state index in [1.54, 1.807) is 25.7 Å². The van der Waals surface area contributed by atoms with Crippen molar-refractivity contribution in [1.29, 1.82) is 0 Å². The average molecular weight is 152 g/mol. The van der Waals surface area contributed by atoms with Crippen molar-refractivity contribution in [1.82, 2.24) is 0 Å². The van der Waals surface area contributed by atoms with Crippen molar-refractivity contribution < 1.29 is 0 Å². The van der Waals surface area contributed by atoms with Crippen LogP contribution in [0.15, 0.2) is 0 Å². The lowest BCUT2D eigenvalue weighted by Gasteiger charge is -1.97. The molecule has 64 valence electrons. The zero-order chi connectivity index (χ0) is 7.73. The van der Waals surface area contributed by atoms with Gasteiger partial charge in [-0.05, 0) is 37.0 Å². The molecule has 1 unspecified atom stereocenters. The molecule has 0 heteroatoms. The van der Waals surface area contributed by atoms with Crippen LogP contribution >= 0.6 is 0 Å². The molecule has 0 aliphatic heterocycles. The molecule has 0 aromatic carbocycles. The molecule has 1 atom stereocenters. The lowest BCUT2D eigenvalue weighted by atomic mass is 10.1. The van der Waals surface area contributed by atoms with Crippen molar-refractivity contribution in [3.8, 4) is 0 Å². The van der Waals surface area contributed by atoms with E-state index in [0.29, 0.717) is 0 Å². The molecule has 0 saturated heterocycles. The van der Waals surface area contributed by atoms with Crippen molar-refractivity contribution in [3.63, 3.8) is 0 Å². The molecule has 0 amide bonds. The topological polar surface area (TPSA) is 0 Å². The summed E-state index contributed by atoms with van der Waals surface area (Å²) in [6.45, 7) is 2.29. The van der Waals surface area contributed by atoms with Gasteiger partial charge in [-0.2, -0.15) is 0 Å². The second kappa shape index (κ2) is 2.80. The highest BCUT2D eigenvalue weighted by Gasteiger charge is 2.61. The summed E-state index contributed by atoms with van der Waals surface area (Å²) in [7, 11) is 0. The Labute approximate surface area is 70.4 Å². The Morgan fingerprint density at radius 1 is 1.18 bits per heavy atom. The summed E-state index contributed by atoms with van der Waals surface area (Å²) in [4.78, 5) is 0. The van der Waals surface area contributed by atoms with Crippen LogP contribution in [0.1, 0.15) is 58.3 Å². The van der Waals surface area contributed by atoms with Gasteiger partial charge >= 0.3 is 0 Å². The van der Waals surface area contributed by atoms with Crippen molar-refractivity contribution in [3.05, 3.63) is 0 Å². The Morgan fingerprint density at radius 2 is 2.00 bits per heavy atom. The molecule has 1 spiro atoms. The molecule has 0 heterocycles. The number of hydrogen-bond acceptors (Lipinski definition) is 0. The van der Waals surface area contributed by atoms with Crippen molar-refractivity contribution in [2.24, 2.45) is 11.3 Å². The maximum Gasteiger partial charge on any atom is -0.0266 e. The second-order valence-electron chi connectivity index (χ2n) is 4.61. The van der Waals surface area contributed by atoms with E-state index >= 15 is 0 Å². The van der Waals surface area contributed by atoms with Crippen LogP contribution < -0.4 is 0 Å². The van der Waals surface area contributed by atoms with Gasteiger partial charge < -0.3 is 0 Å². The minimum atomic E-state index is 0.964. The number of hydrogen-bond donors (Lipinski definition) is 0. The van der Waals surface area contributed by atoms with Gasteiger partial charge in [-0.15, -0.1) is 0 Å². The minimum Gasteiger partial charge on any atom is -0.0654 e. The van der Waals surface area contributed by atoms with Crippen LogP contribution in [0.25, 0.3) is 0 Å². The zero-order valence-electron chi connectivity index (χ0n) is 7.73. The van der Waals surface area contributed by atoms with Gasteiger partial charge in [-0.3, -0.25) is 0 Å². The van der Waals surface area contributed by atoms with E-state index in [-0.39, 0.29) is 0 Å². The zero-order valence-corrected chi connectivity index (χ0v) is 7.73. The maximum atomic E-state index is 2.29. The highest BCUT2D eigenvalue weighted by molar-refractivity contribution is 5.11. The first-order valence-electron chi connectivity index (χ1n) is 5.37. The highest BCUT2D eigenvalue weighted by atomic mass is 14.7. The molecule has 0 N–H and O–H groups in total. The van der Waals surface area contributed by atoms with Crippen LogP contribution in [0, 0.1) is 11.3 Å². The Kier molecular flexibility index (Phi) is 1.95. The molecular weight excluding hydrogens is 132 g/mol. The standard InChI is InChI=1S/C11H20/c1-2-3-4-5-6-10-9-11(10)7-8-11/h10H,2-9H2,1H3. The maximum absolute atomic E-state index is 2.29. The molecule has 0 nitrogen and oxygen atoms in total. The van der Waals surface area contributed by atoms with Crippen LogP contribution in [-0.4, -0.2) is 0 Å². The first-order valence-corrected chi connectivity index (χ1v) is 5.37. The summed E-state index contributed by atoms with van der Waals surface area (Å²) in [5, 5.41) is 0. The largest absolute Gasteiger partial charge is 0.0654 e. The Hall–Kier alpha value is 0. The molecule has 2 aliphatic rings.